The van der Waals surface area contributed by atoms with Gasteiger partial charge < -0.3 is 20.1 Å². The van der Waals surface area contributed by atoms with Gasteiger partial charge in [-0.25, -0.2) is 19.7 Å². The standard InChI is InChI=1S/C22H17FN6O5S/c1-34-12-2-4-16(24-6-12)26-20(31)11-8-28(9-11)17-5-3-13-18(30)14(21(32)33)10-29(19(13)27-17)22-25-7-15(23)35-22/h2-7,10-11H,8-9H2,1H3,(H,32,33)(H,24,26,31). The Morgan fingerprint density at radius 1 is 1.20 bits per heavy atom. The number of halogens is 1. The third-order valence-electron chi connectivity index (χ3n) is 5.54. The number of aromatic nitrogens is 4. The molecule has 5 heterocycles. The summed E-state index contributed by atoms with van der Waals surface area (Å²) in [7, 11) is 1.53. The number of nitrogens with one attached hydrogen (secondary N) is 1. The van der Waals surface area contributed by atoms with E-state index in [0.29, 0.717) is 41.8 Å². The van der Waals surface area contributed by atoms with Gasteiger partial charge in [-0.3, -0.25) is 14.2 Å². The van der Waals surface area contributed by atoms with Crippen LogP contribution in [0.3, 0.4) is 0 Å². The van der Waals surface area contributed by atoms with Crippen LogP contribution in [0.5, 0.6) is 5.75 Å². The maximum Gasteiger partial charge on any atom is 0.341 e. The molecule has 35 heavy (non-hydrogen) atoms. The fraction of sp³-hybridized carbons (Fsp3) is 0.182. The number of thiazole rings is 1. The minimum Gasteiger partial charge on any atom is -0.495 e. The number of aromatic carboxylic acids is 1. The van der Waals surface area contributed by atoms with Gasteiger partial charge in [-0.15, -0.1) is 0 Å². The lowest BCUT2D eigenvalue weighted by molar-refractivity contribution is -0.120. The highest BCUT2D eigenvalue weighted by atomic mass is 32.1. The van der Waals surface area contributed by atoms with E-state index >= 15 is 0 Å². The number of nitrogens with zero attached hydrogens (tertiary/aromatic N) is 5. The SMILES string of the molecule is COc1ccc(NC(=O)C2CN(c3ccc4c(=O)c(C(=O)O)cn(-c5ncc(F)s5)c4n3)C2)nc1. The number of carbonyl (C=O) groups is 2. The summed E-state index contributed by atoms with van der Waals surface area (Å²) in [5, 5.41) is 11.8. The van der Waals surface area contributed by atoms with Crippen molar-refractivity contribution >= 4 is 45.9 Å². The van der Waals surface area contributed by atoms with Gasteiger partial charge >= 0.3 is 5.97 Å². The number of rotatable bonds is 6. The Bertz CT molecular complexity index is 1510. The summed E-state index contributed by atoms with van der Waals surface area (Å²) in [6.45, 7) is 0.758. The molecular formula is C22H17FN6O5S. The Labute approximate surface area is 200 Å². The number of ether oxygens (including phenoxy) is 1. The highest BCUT2D eigenvalue weighted by Gasteiger charge is 2.34. The molecule has 1 fully saturated rings. The van der Waals surface area contributed by atoms with Crippen molar-refractivity contribution < 1.29 is 23.8 Å². The van der Waals surface area contributed by atoms with Gasteiger partial charge in [0.1, 0.15) is 22.9 Å². The van der Waals surface area contributed by atoms with Crippen LogP contribution in [0.1, 0.15) is 10.4 Å². The molecule has 1 aliphatic heterocycles. The first-order valence-electron chi connectivity index (χ1n) is 10.3. The molecule has 2 N–H and O–H groups in total. The molecule has 0 atom stereocenters. The van der Waals surface area contributed by atoms with Gasteiger partial charge in [0.25, 0.3) is 0 Å². The topological polar surface area (TPSA) is 140 Å². The first kappa shape index (κ1) is 22.4. The summed E-state index contributed by atoms with van der Waals surface area (Å²) in [5.41, 5.74) is -1.04. The predicted octanol–water partition coefficient (Wildman–Crippen LogP) is 2.16. The smallest absolute Gasteiger partial charge is 0.341 e. The second-order valence-corrected chi connectivity index (χ2v) is 8.67. The molecule has 0 aliphatic carbocycles. The second kappa shape index (κ2) is 8.76. The van der Waals surface area contributed by atoms with E-state index in [-0.39, 0.29) is 28.0 Å². The number of carboxylic acid groups (broad SMARTS) is 1. The van der Waals surface area contributed by atoms with Crippen LogP contribution in [-0.2, 0) is 4.79 Å². The lowest BCUT2D eigenvalue weighted by Crippen LogP contribution is -2.52. The third-order valence-corrected chi connectivity index (χ3v) is 6.32. The quantitative estimate of drug-likeness (QED) is 0.411. The molecule has 4 aromatic heterocycles. The van der Waals surface area contributed by atoms with Gasteiger partial charge in [0.05, 0.1) is 30.8 Å². The Morgan fingerprint density at radius 3 is 2.63 bits per heavy atom. The number of carbonyl (C=O) groups excluding carboxylic acids is 1. The number of pyridine rings is 3. The molecule has 1 saturated heterocycles. The largest absolute Gasteiger partial charge is 0.495 e. The molecule has 0 aromatic carbocycles. The van der Waals surface area contributed by atoms with Gasteiger partial charge in [-0.1, -0.05) is 11.3 Å². The summed E-state index contributed by atoms with van der Waals surface area (Å²) < 4.78 is 20.0. The zero-order chi connectivity index (χ0) is 24.7. The number of carboxylic acids is 1. The maximum absolute atomic E-state index is 13.6. The van der Waals surface area contributed by atoms with E-state index in [1.807, 2.05) is 4.90 Å². The molecule has 1 amide bonds. The van der Waals surface area contributed by atoms with Gasteiger partial charge in [-0.2, -0.15) is 4.39 Å². The lowest BCUT2D eigenvalue weighted by Gasteiger charge is -2.39. The molecule has 13 heteroatoms. The fourth-order valence-corrected chi connectivity index (χ4v) is 4.28. The average molecular weight is 496 g/mol. The summed E-state index contributed by atoms with van der Waals surface area (Å²) >= 11 is 0.693. The first-order chi connectivity index (χ1) is 16.8. The molecule has 11 nitrogen and oxygen atoms in total. The Kier molecular flexibility index (Phi) is 5.61. The van der Waals surface area contributed by atoms with Gasteiger partial charge in [0.2, 0.25) is 11.3 Å². The minimum absolute atomic E-state index is 0.0599. The van der Waals surface area contributed by atoms with E-state index in [1.54, 1.807) is 18.2 Å². The van der Waals surface area contributed by atoms with Gasteiger partial charge in [0, 0.05) is 19.3 Å². The van der Waals surface area contributed by atoms with Crippen molar-refractivity contribution in [1.82, 2.24) is 19.5 Å². The lowest BCUT2D eigenvalue weighted by atomic mass is 9.99. The number of anilines is 2. The molecule has 0 saturated carbocycles. The molecule has 1 aliphatic rings. The molecule has 0 radical (unpaired) electrons. The van der Waals surface area contributed by atoms with Crippen LogP contribution < -0.4 is 20.4 Å². The second-order valence-electron chi connectivity index (χ2n) is 7.71. The molecule has 5 rings (SSSR count). The van der Waals surface area contributed by atoms with E-state index in [9.17, 15) is 23.9 Å². The predicted molar refractivity (Wildman–Crippen MR) is 125 cm³/mol. The van der Waals surface area contributed by atoms with Crippen molar-refractivity contribution in [2.45, 2.75) is 0 Å². The summed E-state index contributed by atoms with van der Waals surface area (Å²) in [6.07, 6.45) is 3.60. The fourth-order valence-electron chi connectivity index (χ4n) is 3.66. The highest BCUT2D eigenvalue weighted by Crippen LogP contribution is 2.27. The minimum atomic E-state index is -1.41. The van der Waals surface area contributed by atoms with Crippen LogP contribution >= 0.6 is 11.3 Å². The Balaban J connectivity index is 1.40. The van der Waals surface area contributed by atoms with Crippen LogP contribution in [0.2, 0.25) is 0 Å². The zero-order valence-electron chi connectivity index (χ0n) is 18.1. The summed E-state index contributed by atoms with van der Waals surface area (Å²) in [6, 6.07) is 6.39. The van der Waals surface area contributed by atoms with E-state index < -0.39 is 22.1 Å². The maximum atomic E-state index is 13.6. The number of fused-ring (bicyclic) bond motifs is 1. The molecular weight excluding hydrogens is 479 g/mol. The van der Waals surface area contributed by atoms with E-state index in [4.69, 9.17) is 4.74 Å². The third kappa shape index (κ3) is 4.17. The van der Waals surface area contributed by atoms with E-state index in [1.165, 1.54) is 23.9 Å². The van der Waals surface area contributed by atoms with Crippen molar-refractivity contribution in [3.05, 3.63) is 63.8 Å². The van der Waals surface area contributed by atoms with Crippen LogP contribution in [0.15, 0.2) is 47.7 Å². The number of hydrogen-bond acceptors (Lipinski definition) is 9. The van der Waals surface area contributed by atoms with Crippen LogP contribution in [0.4, 0.5) is 16.0 Å². The van der Waals surface area contributed by atoms with Crippen molar-refractivity contribution in [3.63, 3.8) is 0 Å². The zero-order valence-corrected chi connectivity index (χ0v) is 19.0. The van der Waals surface area contributed by atoms with Crippen molar-refractivity contribution in [3.8, 4) is 10.9 Å². The number of methoxy groups -OCH3 is 1. The van der Waals surface area contributed by atoms with Crippen LogP contribution in [-0.4, -0.2) is 56.7 Å². The Morgan fingerprint density at radius 2 is 2.00 bits per heavy atom. The van der Waals surface area contributed by atoms with Crippen LogP contribution in [0.25, 0.3) is 16.2 Å². The van der Waals surface area contributed by atoms with Gasteiger partial charge in [-0.05, 0) is 24.3 Å². The average Bonchev–Trinajstić information content (AvgIpc) is 3.24. The van der Waals surface area contributed by atoms with Crippen LogP contribution in [0, 0.1) is 11.0 Å². The van der Waals surface area contributed by atoms with Crippen molar-refractivity contribution in [2.75, 3.05) is 30.4 Å². The van der Waals surface area contributed by atoms with E-state index in [0.717, 1.165) is 12.4 Å². The van der Waals surface area contributed by atoms with E-state index in [2.05, 4.69) is 20.3 Å². The number of amides is 1. The summed E-state index contributed by atoms with van der Waals surface area (Å²) in [5.74, 6) is -0.435. The summed E-state index contributed by atoms with van der Waals surface area (Å²) in [4.78, 5) is 51.2. The number of hydrogen-bond donors (Lipinski definition) is 2. The molecule has 178 valence electrons. The van der Waals surface area contributed by atoms with Crippen molar-refractivity contribution in [1.29, 1.82) is 0 Å². The molecule has 0 unspecified atom stereocenters. The van der Waals surface area contributed by atoms with Gasteiger partial charge in [0.15, 0.2) is 15.9 Å². The molecule has 4 aromatic rings. The normalized spacial score (nSPS) is 13.5. The first-order valence-corrected chi connectivity index (χ1v) is 11.1. The Hall–Kier alpha value is -4.39. The van der Waals surface area contributed by atoms with Crippen molar-refractivity contribution in [2.24, 2.45) is 5.92 Å². The molecule has 0 spiro atoms. The monoisotopic (exact) mass is 496 g/mol. The highest BCUT2D eigenvalue weighted by molar-refractivity contribution is 7.12. The molecule has 0 bridgehead atoms.